The fourth-order valence-electron chi connectivity index (χ4n) is 2.82. The fraction of sp³-hybridized carbons (Fsp3) is 0.619. The third-order valence-electron chi connectivity index (χ3n) is 4.27. The topological polar surface area (TPSA) is 56.0 Å². The summed E-state index contributed by atoms with van der Waals surface area (Å²) in [5.41, 5.74) is 6.47. The zero-order valence-corrected chi connectivity index (χ0v) is 15.1. The summed E-state index contributed by atoms with van der Waals surface area (Å²) in [6.45, 7) is 0. The van der Waals surface area contributed by atoms with E-state index in [1.54, 1.807) is 0 Å². The second-order valence-electron chi connectivity index (χ2n) is 6.56. The lowest BCUT2D eigenvalue weighted by Gasteiger charge is -2.01. The summed E-state index contributed by atoms with van der Waals surface area (Å²) in [5, 5.41) is 0. The van der Waals surface area contributed by atoms with E-state index in [0.29, 0.717) is 6.42 Å². The molecule has 0 aliphatic rings. The fourth-order valence-corrected chi connectivity index (χ4v) is 2.82. The molecule has 0 unspecified atom stereocenters. The largest absolute Gasteiger partial charge is 0.370 e. The Bertz CT molecular complexity index is 442. The van der Waals surface area contributed by atoms with E-state index >= 15 is 0 Å². The van der Waals surface area contributed by atoms with Gasteiger partial charge in [0.05, 0.1) is 0 Å². The lowest BCUT2D eigenvalue weighted by atomic mass is 10.1. The average molecular weight is 331 g/mol. The third kappa shape index (κ3) is 12.9. The van der Waals surface area contributed by atoms with Crippen molar-refractivity contribution in [1.82, 2.24) is 4.98 Å². The molecule has 0 aliphatic heterocycles. The first kappa shape index (κ1) is 20.4. The third-order valence-corrected chi connectivity index (χ3v) is 4.27. The Balaban J connectivity index is 1.79. The SMILES string of the molecule is NC(=O)CCCCCCC/C=C\CCCCCCc1cccnc1. The molecule has 0 fully saturated rings. The number of rotatable bonds is 15. The molecule has 0 aliphatic carbocycles. The molecule has 24 heavy (non-hydrogen) atoms. The molecular formula is C21H34N2O. The van der Waals surface area contributed by atoms with E-state index in [9.17, 15) is 4.79 Å². The summed E-state index contributed by atoms with van der Waals surface area (Å²) >= 11 is 0. The van der Waals surface area contributed by atoms with Crippen molar-refractivity contribution in [2.75, 3.05) is 0 Å². The predicted molar refractivity (Wildman–Crippen MR) is 102 cm³/mol. The number of pyridine rings is 1. The number of carbonyl (C=O) groups excluding carboxylic acids is 1. The van der Waals surface area contributed by atoms with Gasteiger partial charge in [-0.25, -0.2) is 0 Å². The van der Waals surface area contributed by atoms with Gasteiger partial charge in [0, 0.05) is 18.8 Å². The van der Waals surface area contributed by atoms with Gasteiger partial charge in [-0.2, -0.15) is 0 Å². The molecule has 0 atom stereocenters. The van der Waals surface area contributed by atoms with Crippen LogP contribution in [0.5, 0.6) is 0 Å². The van der Waals surface area contributed by atoms with Crippen LogP contribution in [0.25, 0.3) is 0 Å². The first-order valence-corrected chi connectivity index (χ1v) is 9.61. The Morgan fingerprint density at radius 2 is 1.54 bits per heavy atom. The monoisotopic (exact) mass is 330 g/mol. The summed E-state index contributed by atoms with van der Waals surface area (Å²) in [7, 11) is 0. The second-order valence-corrected chi connectivity index (χ2v) is 6.56. The van der Waals surface area contributed by atoms with Gasteiger partial charge in [0.1, 0.15) is 0 Å². The van der Waals surface area contributed by atoms with Crippen molar-refractivity contribution >= 4 is 5.91 Å². The number of allylic oxidation sites excluding steroid dienone is 2. The molecule has 1 rings (SSSR count). The highest BCUT2D eigenvalue weighted by atomic mass is 16.1. The van der Waals surface area contributed by atoms with Crippen LogP contribution >= 0.6 is 0 Å². The number of aromatic nitrogens is 1. The number of nitrogens with zero attached hydrogens (tertiary/aromatic N) is 1. The van der Waals surface area contributed by atoms with Crippen molar-refractivity contribution in [2.45, 2.75) is 83.5 Å². The van der Waals surface area contributed by atoms with E-state index in [-0.39, 0.29) is 5.91 Å². The van der Waals surface area contributed by atoms with Gasteiger partial charge in [0.25, 0.3) is 0 Å². The van der Waals surface area contributed by atoms with Gasteiger partial charge in [0.15, 0.2) is 0 Å². The zero-order chi connectivity index (χ0) is 17.3. The smallest absolute Gasteiger partial charge is 0.217 e. The van der Waals surface area contributed by atoms with Gasteiger partial charge < -0.3 is 5.73 Å². The van der Waals surface area contributed by atoms with Crippen molar-refractivity contribution in [3.05, 3.63) is 42.2 Å². The van der Waals surface area contributed by atoms with Crippen LogP contribution in [0.2, 0.25) is 0 Å². The van der Waals surface area contributed by atoms with Crippen LogP contribution < -0.4 is 5.73 Å². The number of unbranched alkanes of at least 4 members (excludes halogenated alkanes) is 9. The highest BCUT2D eigenvalue weighted by Crippen LogP contribution is 2.10. The van der Waals surface area contributed by atoms with Crippen molar-refractivity contribution < 1.29 is 4.79 Å². The molecule has 1 amide bonds. The van der Waals surface area contributed by atoms with Crippen LogP contribution in [0, 0.1) is 0 Å². The van der Waals surface area contributed by atoms with E-state index in [4.69, 9.17) is 5.73 Å². The number of amides is 1. The van der Waals surface area contributed by atoms with E-state index in [2.05, 4.69) is 23.2 Å². The van der Waals surface area contributed by atoms with Crippen LogP contribution in [0.1, 0.15) is 82.6 Å². The lowest BCUT2D eigenvalue weighted by Crippen LogP contribution is -2.09. The summed E-state index contributed by atoms with van der Waals surface area (Å²) in [5.74, 6) is -0.171. The highest BCUT2D eigenvalue weighted by Gasteiger charge is 1.95. The summed E-state index contributed by atoms with van der Waals surface area (Å²) in [6.07, 6.45) is 23.6. The Hall–Kier alpha value is -1.64. The van der Waals surface area contributed by atoms with E-state index in [1.165, 1.54) is 63.4 Å². The zero-order valence-electron chi connectivity index (χ0n) is 15.1. The van der Waals surface area contributed by atoms with Gasteiger partial charge in [-0.05, 0) is 56.6 Å². The van der Waals surface area contributed by atoms with E-state index in [1.807, 2.05) is 18.5 Å². The molecule has 2 N–H and O–H groups in total. The molecule has 134 valence electrons. The van der Waals surface area contributed by atoms with Crippen molar-refractivity contribution in [1.29, 1.82) is 0 Å². The normalized spacial score (nSPS) is 11.2. The van der Waals surface area contributed by atoms with Crippen LogP contribution in [0.3, 0.4) is 0 Å². The molecule has 0 spiro atoms. The summed E-state index contributed by atoms with van der Waals surface area (Å²) in [6, 6.07) is 4.18. The maximum Gasteiger partial charge on any atom is 0.217 e. The lowest BCUT2D eigenvalue weighted by molar-refractivity contribution is -0.118. The van der Waals surface area contributed by atoms with E-state index in [0.717, 1.165) is 19.3 Å². The summed E-state index contributed by atoms with van der Waals surface area (Å²) in [4.78, 5) is 14.7. The Labute approximate surface area is 147 Å². The number of aryl methyl sites for hydroxylation is 1. The summed E-state index contributed by atoms with van der Waals surface area (Å²) < 4.78 is 0. The molecular weight excluding hydrogens is 296 g/mol. The number of hydrogen-bond donors (Lipinski definition) is 1. The molecule has 0 saturated carbocycles. The number of carbonyl (C=O) groups is 1. The van der Waals surface area contributed by atoms with Gasteiger partial charge in [-0.3, -0.25) is 9.78 Å². The molecule has 3 nitrogen and oxygen atoms in total. The van der Waals surface area contributed by atoms with Crippen molar-refractivity contribution in [2.24, 2.45) is 5.73 Å². The molecule has 0 bridgehead atoms. The molecule has 3 heteroatoms. The maximum atomic E-state index is 10.6. The first-order chi connectivity index (χ1) is 11.8. The minimum Gasteiger partial charge on any atom is -0.370 e. The number of nitrogens with two attached hydrogens (primary N) is 1. The van der Waals surface area contributed by atoms with Gasteiger partial charge in [-0.15, -0.1) is 0 Å². The number of primary amides is 1. The van der Waals surface area contributed by atoms with Crippen LogP contribution in [0.15, 0.2) is 36.7 Å². The van der Waals surface area contributed by atoms with Crippen LogP contribution in [-0.2, 0) is 11.2 Å². The molecule has 1 aromatic heterocycles. The Morgan fingerprint density at radius 3 is 2.17 bits per heavy atom. The van der Waals surface area contributed by atoms with Crippen LogP contribution in [-0.4, -0.2) is 10.9 Å². The molecule has 0 saturated heterocycles. The average Bonchev–Trinajstić information content (AvgIpc) is 2.59. The van der Waals surface area contributed by atoms with Gasteiger partial charge in [0.2, 0.25) is 5.91 Å². The molecule has 0 radical (unpaired) electrons. The molecule has 0 aromatic carbocycles. The van der Waals surface area contributed by atoms with Crippen molar-refractivity contribution in [3.63, 3.8) is 0 Å². The van der Waals surface area contributed by atoms with Crippen LogP contribution in [0.4, 0.5) is 0 Å². The molecule has 1 aromatic rings. The maximum absolute atomic E-state index is 10.6. The first-order valence-electron chi connectivity index (χ1n) is 9.61. The van der Waals surface area contributed by atoms with Gasteiger partial charge in [-0.1, -0.05) is 50.3 Å². The minimum atomic E-state index is -0.171. The standard InChI is InChI=1S/C21H34N2O/c22-21(24)17-13-11-9-7-5-3-1-2-4-6-8-10-12-15-20-16-14-18-23-19-20/h1-2,14,16,18-19H,3-13,15,17H2,(H2,22,24)/b2-1-. The second kappa shape index (κ2) is 14.9. The van der Waals surface area contributed by atoms with Crippen molar-refractivity contribution in [3.8, 4) is 0 Å². The predicted octanol–water partition coefficient (Wildman–Crippen LogP) is 5.35. The Morgan fingerprint density at radius 1 is 0.917 bits per heavy atom. The van der Waals surface area contributed by atoms with E-state index < -0.39 is 0 Å². The number of hydrogen-bond acceptors (Lipinski definition) is 2. The minimum absolute atomic E-state index is 0.171. The highest BCUT2D eigenvalue weighted by molar-refractivity contribution is 5.73. The molecule has 1 heterocycles. The van der Waals surface area contributed by atoms with Gasteiger partial charge >= 0.3 is 0 Å². The Kier molecular flexibility index (Phi) is 12.7. The quantitative estimate of drug-likeness (QED) is 0.348.